The van der Waals surface area contributed by atoms with Crippen molar-refractivity contribution >= 4 is 0 Å². The maximum absolute atomic E-state index is 10.7. The first-order chi connectivity index (χ1) is 13.7. The number of rotatable bonds is 5. The van der Waals surface area contributed by atoms with Crippen LogP contribution in [0.1, 0.15) is 0 Å². The van der Waals surface area contributed by atoms with Crippen molar-refractivity contribution in [3.63, 3.8) is 0 Å². The molecular formula is C16H28O13. The van der Waals surface area contributed by atoms with Gasteiger partial charge in [-0.3, -0.25) is 0 Å². The zero-order chi connectivity index (χ0) is 21.3. The molecule has 13 nitrogen and oxygen atoms in total. The Hall–Kier alpha value is -0.520. The van der Waals surface area contributed by atoms with Crippen LogP contribution in [0.15, 0.2) is 0 Å². The van der Waals surface area contributed by atoms with E-state index in [1.807, 2.05) is 0 Å². The van der Waals surface area contributed by atoms with E-state index in [2.05, 4.69) is 0 Å². The van der Waals surface area contributed by atoms with Gasteiger partial charge in [0.2, 0.25) is 0 Å². The molecule has 0 unspecified atom stereocenters. The molecule has 0 aliphatic carbocycles. The summed E-state index contributed by atoms with van der Waals surface area (Å²) in [5, 5.41) is 69.3. The minimum absolute atomic E-state index is 0.180. The van der Waals surface area contributed by atoms with Crippen LogP contribution in [-0.2, 0) is 28.4 Å². The standard InChI is InChI=1S/C16H28O13/c1-24-16-13(29-15-12(23)9(20)6(18)3-26-15)10(21)7(4-27-16)28-14-11(22)8(19)5(17)2-25-14/h5-23H,2-4H2,1H3/t5-,6-,7-,8+,9+,10+,11-,12-,13-,14+,15+,16-/m1/s1. The summed E-state index contributed by atoms with van der Waals surface area (Å²) in [6.07, 6.45) is -16.3. The monoisotopic (exact) mass is 428 g/mol. The molecule has 0 amide bonds. The van der Waals surface area contributed by atoms with E-state index in [1.54, 1.807) is 0 Å². The van der Waals surface area contributed by atoms with Crippen molar-refractivity contribution in [1.82, 2.24) is 0 Å². The van der Waals surface area contributed by atoms with Crippen LogP contribution in [0.5, 0.6) is 0 Å². The van der Waals surface area contributed by atoms with Crippen LogP contribution in [-0.4, -0.2) is 136 Å². The predicted molar refractivity (Wildman–Crippen MR) is 88.0 cm³/mol. The Balaban J connectivity index is 1.65. The molecule has 0 radical (unpaired) electrons. The number of ether oxygens (including phenoxy) is 6. The van der Waals surface area contributed by atoms with Crippen molar-refractivity contribution < 1.29 is 64.2 Å². The number of hydrogen-bond donors (Lipinski definition) is 7. The summed E-state index contributed by atoms with van der Waals surface area (Å²) in [5.41, 5.74) is 0. The number of methoxy groups -OCH3 is 1. The predicted octanol–water partition coefficient (Wildman–Crippen LogP) is -5.00. The average molecular weight is 428 g/mol. The van der Waals surface area contributed by atoms with Gasteiger partial charge in [0, 0.05) is 7.11 Å². The van der Waals surface area contributed by atoms with Crippen LogP contribution in [0.4, 0.5) is 0 Å². The highest BCUT2D eigenvalue weighted by Crippen LogP contribution is 2.28. The van der Waals surface area contributed by atoms with Crippen molar-refractivity contribution in [3.05, 3.63) is 0 Å². The molecule has 170 valence electrons. The van der Waals surface area contributed by atoms with Gasteiger partial charge in [-0.1, -0.05) is 0 Å². The molecule has 3 fully saturated rings. The SMILES string of the molecule is CO[C@@H]1OC[C@@H](O[C@@H]2OC[C@@H](O)[C@H](O)[C@H]2O)[C@H](O)[C@H]1O[C@@H]1OC[C@@H](O)[C@H](O)[C@H]1O. The molecule has 0 aromatic rings. The molecule has 3 heterocycles. The Bertz CT molecular complexity index is 523. The van der Waals surface area contributed by atoms with Crippen LogP contribution in [0, 0.1) is 0 Å². The van der Waals surface area contributed by atoms with E-state index in [0.717, 1.165) is 0 Å². The first kappa shape index (κ1) is 23.1. The largest absolute Gasteiger partial charge is 0.388 e. The van der Waals surface area contributed by atoms with Crippen molar-refractivity contribution in [1.29, 1.82) is 0 Å². The van der Waals surface area contributed by atoms with Gasteiger partial charge in [0.15, 0.2) is 18.9 Å². The zero-order valence-electron chi connectivity index (χ0n) is 15.6. The number of aliphatic hydroxyl groups is 7. The van der Waals surface area contributed by atoms with Crippen LogP contribution in [0.25, 0.3) is 0 Å². The van der Waals surface area contributed by atoms with Gasteiger partial charge in [-0.2, -0.15) is 0 Å². The summed E-state index contributed by atoms with van der Waals surface area (Å²) >= 11 is 0. The third kappa shape index (κ3) is 4.88. The van der Waals surface area contributed by atoms with E-state index < -0.39 is 73.8 Å². The highest BCUT2D eigenvalue weighted by atomic mass is 16.8. The third-order valence-corrected chi connectivity index (χ3v) is 5.15. The van der Waals surface area contributed by atoms with E-state index in [-0.39, 0.29) is 19.8 Å². The molecule has 0 spiro atoms. The van der Waals surface area contributed by atoms with E-state index in [4.69, 9.17) is 28.4 Å². The number of hydrogen-bond acceptors (Lipinski definition) is 13. The second-order valence-corrected chi connectivity index (χ2v) is 7.20. The van der Waals surface area contributed by atoms with Crippen molar-refractivity contribution in [2.75, 3.05) is 26.9 Å². The lowest BCUT2D eigenvalue weighted by molar-refractivity contribution is -0.359. The van der Waals surface area contributed by atoms with Gasteiger partial charge >= 0.3 is 0 Å². The van der Waals surface area contributed by atoms with Crippen molar-refractivity contribution in [2.45, 2.75) is 73.8 Å². The highest BCUT2D eigenvalue weighted by Gasteiger charge is 2.48. The van der Waals surface area contributed by atoms with Gasteiger partial charge in [0.05, 0.1) is 19.8 Å². The molecule has 12 atom stereocenters. The quantitative estimate of drug-likeness (QED) is 0.220. The first-order valence-electron chi connectivity index (χ1n) is 9.19. The zero-order valence-corrected chi connectivity index (χ0v) is 15.6. The lowest BCUT2D eigenvalue weighted by atomic mass is 10.0. The van der Waals surface area contributed by atoms with E-state index >= 15 is 0 Å². The molecule has 13 heteroatoms. The molecule has 0 aromatic heterocycles. The molecule has 3 aliphatic heterocycles. The Kier molecular flexibility index (Phi) is 7.77. The maximum atomic E-state index is 10.7. The smallest absolute Gasteiger partial charge is 0.186 e. The van der Waals surface area contributed by atoms with Crippen LogP contribution >= 0.6 is 0 Å². The van der Waals surface area contributed by atoms with Gasteiger partial charge in [0.25, 0.3) is 0 Å². The fraction of sp³-hybridized carbons (Fsp3) is 1.00. The molecule has 3 saturated heterocycles. The Morgan fingerprint density at radius 3 is 1.59 bits per heavy atom. The molecule has 29 heavy (non-hydrogen) atoms. The Morgan fingerprint density at radius 2 is 1.07 bits per heavy atom. The van der Waals surface area contributed by atoms with E-state index in [1.165, 1.54) is 7.11 Å². The average Bonchev–Trinajstić information content (AvgIpc) is 2.71. The summed E-state index contributed by atoms with van der Waals surface area (Å²) in [4.78, 5) is 0. The summed E-state index contributed by atoms with van der Waals surface area (Å²) in [7, 11) is 1.30. The highest BCUT2D eigenvalue weighted by molar-refractivity contribution is 4.90. The molecule has 3 aliphatic rings. The van der Waals surface area contributed by atoms with Gasteiger partial charge in [-0.25, -0.2) is 0 Å². The summed E-state index contributed by atoms with van der Waals surface area (Å²) in [6, 6.07) is 0. The number of aliphatic hydroxyl groups excluding tert-OH is 7. The second-order valence-electron chi connectivity index (χ2n) is 7.20. The summed E-state index contributed by atoms with van der Waals surface area (Å²) in [6.45, 7) is -0.762. The molecule has 0 saturated carbocycles. The normalized spacial score (nSPS) is 51.7. The molecule has 3 rings (SSSR count). The minimum Gasteiger partial charge on any atom is -0.388 e. The minimum atomic E-state index is -1.59. The second kappa shape index (κ2) is 9.74. The van der Waals surface area contributed by atoms with Gasteiger partial charge < -0.3 is 64.2 Å². The molecule has 0 bridgehead atoms. The van der Waals surface area contributed by atoms with Gasteiger partial charge in [0.1, 0.15) is 54.9 Å². The summed E-state index contributed by atoms with van der Waals surface area (Å²) in [5.74, 6) is 0. The summed E-state index contributed by atoms with van der Waals surface area (Å²) < 4.78 is 32.0. The van der Waals surface area contributed by atoms with Gasteiger partial charge in [-0.05, 0) is 0 Å². The fourth-order valence-electron chi connectivity index (χ4n) is 3.35. The van der Waals surface area contributed by atoms with Crippen LogP contribution in [0.3, 0.4) is 0 Å². The Morgan fingerprint density at radius 1 is 0.586 bits per heavy atom. The molecule has 7 N–H and O–H groups in total. The third-order valence-electron chi connectivity index (χ3n) is 5.15. The molecular weight excluding hydrogens is 400 g/mol. The van der Waals surface area contributed by atoms with E-state index in [9.17, 15) is 35.7 Å². The van der Waals surface area contributed by atoms with Crippen LogP contribution < -0.4 is 0 Å². The van der Waals surface area contributed by atoms with Crippen molar-refractivity contribution in [2.24, 2.45) is 0 Å². The van der Waals surface area contributed by atoms with Crippen LogP contribution in [0.2, 0.25) is 0 Å². The fourth-order valence-corrected chi connectivity index (χ4v) is 3.35. The maximum Gasteiger partial charge on any atom is 0.186 e. The van der Waals surface area contributed by atoms with E-state index in [0.29, 0.717) is 0 Å². The van der Waals surface area contributed by atoms with Crippen molar-refractivity contribution in [3.8, 4) is 0 Å². The first-order valence-corrected chi connectivity index (χ1v) is 9.19. The Labute approximate surface area is 165 Å². The lowest BCUT2D eigenvalue weighted by Crippen LogP contribution is -2.62. The molecule has 0 aromatic carbocycles. The van der Waals surface area contributed by atoms with Gasteiger partial charge in [-0.15, -0.1) is 0 Å². The topological polar surface area (TPSA) is 197 Å². The lowest BCUT2D eigenvalue weighted by Gasteiger charge is -2.44.